The molecule has 0 saturated heterocycles. The van der Waals surface area contributed by atoms with E-state index in [4.69, 9.17) is 5.11 Å². The molecule has 0 aliphatic carbocycles. The minimum atomic E-state index is -3.55. The lowest BCUT2D eigenvalue weighted by molar-refractivity contribution is -0.137. The average molecular weight is 313 g/mol. The van der Waals surface area contributed by atoms with E-state index in [1.165, 1.54) is 12.1 Å². The lowest BCUT2D eigenvalue weighted by Crippen LogP contribution is -2.36. The SMILES string of the molecule is CCCS(=O)(=O)c1ccccc1C(=O)N(CC)CC(=O)O. The average Bonchev–Trinajstić information content (AvgIpc) is 2.43. The van der Waals surface area contributed by atoms with Crippen LogP contribution in [-0.4, -0.2) is 49.1 Å². The van der Waals surface area contributed by atoms with E-state index in [1.807, 2.05) is 0 Å². The number of carbonyl (C=O) groups excluding carboxylic acids is 1. The topological polar surface area (TPSA) is 91.8 Å². The van der Waals surface area contributed by atoms with Gasteiger partial charge in [-0.05, 0) is 25.5 Å². The van der Waals surface area contributed by atoms with Crippen LogP contribution in [0.25, 0.3) is 0 Å². The van der Waals surface area contributed by atoms with Crippen LogP contribution >= 0.6 is 0 Å². The summed E-state index contributed by atoms with van der Waals surface area (Å²) in [6.45, 7) is 3.11. The van der Waals surface area contributed by atoms with E-state index in [-0.39, 0.29) is 22.8 Å². The molecule has 0 aliphatic rings. The van der Waals surface area contributed by atoms with Crippen molar-refractivity contribution >= 4 is 21.7 Å². The molecule has 21 heavy (non-hydrogen) atoms. The first-order valence-corrected chi connectivity index (χ1v) is 8.31. The summed E-state index contributed by atoms with van der Waals surface area (Å²) in [5, 5.41) is 8.81. The largest absolute Gasteiger partial charge is 0.480 e. The van der Waals surface area contributed by atoms with Crippen LogP contribution in [0.1, 0.15) is 30.6 Å². The Morgan fingerprint density at radius 3 is 2.33 bits per heavy atom. The summed E-state index contributed by atoms with van der Waals surface area (Å²) in [7, 11) is -3.55. The van der Waals surface area contributed by atoms with E-state index in [9.17, 15) is 18.0 Å². The Bertz CT molecular complexity index is 624. The van der Waals surface area contributed by atoms with E-state index >= 15 is 0 Å². The van der Waals surface area contributed by atoms with Crippen molar-refractivity contribution in [2.24, 2.45) is 0 Å². The minimum Gasteiger partial charge on any atom is -0.480 e. The van der Waals surface area contributed by atoms with Gasteiger partial charge in [-0.1, -0.05) is 19.1 Å². The third-order valence-electron chi connectivity index (χ3n) is 2.92. The first-order chi connectivity index (χ1) is 9.83. The molecule has 0 aliphatic heterocycles. The second-order valence-corrected chi connectivity index (χ2v) is 6.61. The molecule has 0 fully saturated rings. The molecule has 1 aromatic carbocycles. The van der Waals surface area contributed by atoms with Crippen molar-refractivity contribution in [3.8, 4) is 0 Å². The Morgan fingerprint density at radius 1 is 1.19 bits per heavy atom. The highest BCUT2D eigenvalue weighted by Gasteiger charge is 2.25. The van der Waals surface area contributed by atoms with Crippen LogP contribution in [0, 0.1) is 0 Å². The number of carboxylic acid groups (broad SMARTS) is 1. The van der Waals surface area contributed by atoms with E-state index in [2.05, 4.69) is 0 Å². The van der Waals surface area contributed by atoms with E-state index in [0.29, 0.717) is 6.42 Å². The Morgan fingerprint density at radius 2 is 1.81 bits per heavy atom. The molecule has 0 unspecified atom stereocenters. The molecule has 1 rings (SSSR count). The lowest BCUT2D eigenvalue weighted by Gasteiger charge is -2.20. The summed E-state index contributed by atoms with van der Waals surface area (Å²) in [4.78, 5) is 24.2. The van der Waals surface area contributed by atoms with Gasteiger partial charge in [0, 0.05) is 6.54 Å². The van der Waals surface area contributed by atoms with Crippen LogP contribution in [0.2, 0.25) is 0 Å². The van der Waals surface area contributed by atoms with Gasteiger partial charge in [-0.3, -0.25) is 9.59 Å². The predicted molar refractivity (Wildman–Crippen MR) is 78.0 cm³/mol. The second-order valence-electron chi connectivity index (χ2n) is 4.53. The number of nitrogens with zero attached hydrogens (tertiary/aromatic N) is 1. The summed E-state index contributed by atoms with van der Waals surface area (Å²) in [6, 6.07) is 5.90. The second kappa shape index (κ2) is 7.21. The normalized spacial score (nSPS) is 11.1. The van der Waals surface area contributed by atoms with Crippen molar-refractivity contribution in [3.05, 3.63) is 29.8 Å². The molecule has 0 radical (unpaired) electrons. The molecule has 1 aromatic rings. The maximum atomic E-state index is 12.4. The van der Waals surface area contributed by atoms with Gasteiger partial charge in [-0.2, -0.15) is 0 Å². The molecule has 116 valence electrons. The van der Waals surface area contributed by atoms with Crippen molar-refractivity contribution < 1.29 is 23.1 Å². The van der Waals surface area contributed by atoms with Crippen molar-refractivity contribution in [3.63, 3.8) is 0 Å². The molecule has 0 heterocycles. The summed E-state index contributed by atoms with van der Waals surface area (Å²) in [6.07, 6.45) is 0.442. The first-order valence-electron chi connectivity index (χ1n) is 6.66. The number of sulfone groups is 1. The third-order valence-corrected chi connectivity index (χ3v) is 4.89. The molecule has 0 saturated carbocycles. The summed E-state index contributed by atoms with van der Waals surface area (Å²) >= 11 is 0. The number of carboxylic acids is 1. The molecule has 0 aromatic heterocycles. The van der Waals surface area contributed by atoms with Gasteiger partial charge in [-0.15, -0.1) is 0 Å². The number of likely N-dealkylation sites (N-methyl/N-ethyl adjacent to an activating group) is 1. The van der Waals surface area contributed by atoms with Crippen molar-refractivity contribution in [2.75, 3.05) is 18.8 Å². The molecular weight excluding hydrogens is 294 g/mol. The maximum Gasteiger partial charge on any atom is 0.323 e. The summed E-state index contributed by atoms with van der Waals surface area (Å²) in [5.74, 6) is -1.78. The highest BCUT2D eigenvalue weighted by atomic mass is 32.2. The number of benzene rings is 1. The van der Waals surface area contributed by atoms with Crippen molar-refractivity contribution in [1.29, 1.82) is 0 Å². The number of hydrogen-bond donors (Lipinski definition) is 1. The van der Waals surface area contributed by atoms with E-state index < -0.39 is 28.3 Å². The number of hydrogen-bond acceptors (Lipinski definition) is 4. The highest BCUT2D eigenvalue weighted by molar-refractivity contribution is 7.91. The van der Waals surface area contributed by atoms with Gasteiger partial charge in [-0.25, -0.2) is 8.42 Å². The quantitative estimate of drug-likeness (QED) is 0.822. The van der Waals surface area contributed by atoms with Crippen molar-refractivity contribution in [1.82, 2.24) is 4.90 Å². The summed E-state index contributed by atoms with van der Waals surface area (Å²) < 4.78 is 24.4. The zero-order chi connectivity index (χ0) is 16.0. The van der Waals surface area contributed by atoms with Gasteiger partial charge >= 0.3 is 5.97 Å². The van der Waals surface area contributed by atoms with Crippen LogP contribution in [0.15, 0.2) is 29.2 Å². The Labute approximate surface area is 124 Å². The minimum absolute atomic E-state index is 0.0223. The Hall–Kier alpha value is -1.89. The van der Waals surface area contributed by atoms with Gasteiger partial charge in [0.25, 0.3) is 5.91 Å². The van der Waals surface area contributed by atoms with Gasteiger partial charge in [0.05, 0.1) is 16.2 Å². The first kappa shape index (κ1) is 17.2. The zero-order valence-electron chi connectivity index (χ0n) is 12.1. The van der Waals surface area contributed by atoms with Crippen LogP contribution in [0.5, 0.6) is 0 Å². The zero-order valence-corrected chi connectivity index (χ0v) is 12.9. The lowest BCUT2D eigenvalue weighted by atomic mass is 10.2. The molecule has 1 N–H and O–H groups in total. The van der Waals surface area contributed by atoms with E-state index in [1.54, 1.807) is 26.0 Å². The molecular formula is C14H19NO5S. The molecule has 1 amide bonds. The summed E-state index contributed by atoms with van der Waals surface area (Å²) in [5.41, 5.74) is 0.0223. The maximum absolute atomic E-state index is 12.4. The Balaban J connectivity index is 3.25. The van der Waals surface area contributed by atoms with Gasteiger partial charge in [0.2, 0.25) is 0 Å². The molecule has 7 heteroatoms. The van der Waals surface area contributed by atoms with Crippen LogP contribution in [0.4, 0.5) is 0 Å². The number of aliphatic carboxylic acids is 1. The predicted octanol–water partition coefficient (Wildman–Crippen LogP) is 1.42. The molecule has 0 atom stereocenters. The Kier molecular flexibility index (Phi) is 5.90. The smallest absolute Gasteiger partial charge is 0.323 e. The molecule has 0 spiro atoms. The fourth-order valence-electron chi connectivity index (χ4n) is 1.95. The number of rotatable bonds is 7. The molecule has 0 bridgehead atoms. The standard InChI is InChI=1S/C14H19NO5S/c1-3-9-21(19,20)12-8-6-5-7-11(12)14(18)15(4-2)10-13(16)17/h5-8H,3-4,9-10H2,1-2H3,(H,16,17). The van der Waals surface area contributed by atoms with Crippen LogP contribution in [-0.2, 0) is 14.6 Å². The van der Waals surface area contributed by atoms with Gasteiger partial charge in [0.15, 0.2) is 9.84 Å². The monoisotopic (exact) mass is 313 g/mol. The van der Waals surface area contributed by atoms with E-state index in [0.717, 1.165) is 4.90 Å². The highest BCUT2D eigenvalue weighted by Crippen LogP contribution is 2.19. The van der Waals surface area contributed by atoms with Crippen LogP contribution < -0.4 is 0 Å². The van der Waals surface area contributed by atoms with Gasteiger partial charge < -0.3 is 10.0 Å². The third kappa shape index (κ3) is 4.29. The van der Waals surface area contributed by atoms with Gasteiger partial charge in [0.1, 0.15) is 6.54 Å². The number of carbonyl (C=O) groups is 2. The molecule has 6 nitrogen and oxygen atoms in total. The van der Waals surface area contributed by atoms with Crippen molar-refractivity contribution in [2.45, 2.75) is 25.2 Å². The fraction of sp³-hybridized carbons (Fsp3) is 0.429. The fourth-order valence-corrected chi connectivity index (χ4v) is 3.49. The van der Waals surface area contributed by atoms with Crippen LogP contribution in [0.3, 0.4) is 0 Å². The number of amides is 1.